The van der Waals surface area contributed by atoms with Crippen LogP contribution in [0.4, 0.5) is 0 Å². The molecule has 1 aliphatic heterocycles. The van der Waals surface area contributed by atoms with Gasteiger partial charge in [0.05, 0.1) is 5.69 Å². The van der Waals surface area contributed by atoms with Crippen LogP contribution in [-0.4, -0.2) is 24.2 Å². The average Bonchev–Trinajstić information content (AvgIpc) is 2.88. The van der Waals surface area contributed by atoms with Crippen molar-refractivity contribution in [3.63, 3.8) is 0 Å². The Labute approximate surface area is 126 Å². The summed E-state index contributed by atoms with van der Waals surface area (Å²) in [5, 5.41) is 3.99. The molecule has 0 radical (unpaired) electrons. The maximum absolute atomic E-state index is 6.33. The highest BCUT2D eigenvalue weighted by Crippen LogP contribution is 2.35. The molecule has 110 valence electrons. The van der Waals surface area contributed by atoms with Gasteiger partial charge in [0.1, 0.15) is 17.0 Å². The first kappa shape index (κ1) is 14.2. The summed E-state index contributed by atoms with van der Waals surface area (Å²) in [7, 11) is 0. The Morgan fingerprint density at radius 2 is 2.25 bits per heavy atom. The van der Waals surface area contributed by atoms with Gasteiger partial charge in [0.15, 0.2) is 0 Å². The van der Waals surface area contributed by atoms with Gasteiger partial charge in [-0.05, 0) is 44.4 Å². The lowest BCUT2D eigenvalue weighted by atomic mass is 9.79. The van der Waals surface area contributed by atoms with Crippen LogP contribution in [0.15, 0.2) is 12.1 Å². The summed E-state index contributed by atoms with van der Waals surface area (Å²) in [5.41, 5.74) is 0.891. The fourth-order valence-electron chi connectivity index (χ4n) is 3.19. The molecule has 0 bridgehead atoms. The molecule has 20 heavy (non-hydrogen) atoms. The molecular weight excluding hydrogens is 272 g/mol. The van der Waals surface area contributed by atoms with E-state index in [1.165, 1.54) is 32.1 Å². The number of aromatic nitrogens is 1. The third-order valence-corrected chi connectivity index (χ3v) is 4.91. The van der Waals surface area contributed by atoms with E-state index in [0.29, 0.717) is 17.2 Å². The number of pyridine rings is 1. The monoisotopic (exact) mass is 294 g/mol. The number of nitrogens with one attached hydrogen (secondary N) is 1. The van der Waals surface area contributed by atoms with Gasteiger partial charge in [-0.1, -0.05) is 30.9 Å². The molecule has 0 amide bonds. The fourth-order valence-corrected chi connectivity index (χ4v) is 3.38. The number of halogens is 1. The second-order valence-electron chi connectivity index (χ2n) is 6.16. The van der Waals surface area contributed by atoms with Crippen molar-refractivity contribution in [2.75, 3.05) is 13.1 Å². The minimum Gasteiger partial charge on any atom is -0.488 e. The van der Waals surface area contributed by atoms with E-state index in [0.717, 1.165) is 30.5 Å². The van der Waals surface area contributed by atoms with Crippen LogP contribution in [0.2, 0.25) is 5.15 Å². The maximum Gasteiger partial charge on any atom is 0.141 e. The lowest BCUT2D eigenvalue weighted by Gasteiger charge is -2.32. The first-order valence-corrected chi connectivity index (χ1v) is 8.10. The van der Waals surface area contributed by atoms with Crippen molar-refractivity contribution in [3.05, 3.63) is 23.0 Å². The van der Waals surface area contributed by atoms with Crippen molar-refractivity contribution in [2.45, 2.75) is 45.1 Å². The largest absolute Gasteiger partial charge is 0.488 e. The first-order valence-electron chi connectivity index (χ1n) is 7.73. The molecule has 2 atom stereocenters. The van der Waals surface area contributed by atoms with Crippen LogP contribution in [0, 0.1) is 18.8 Å². The molecule has 1 aromatic heterocycles. The predicted octanol–water partition coefficient (Wildman–Crippen LogP) is 3.59. The molecule has 2 aliphatic rings. The van der Waals surface area contributed by atoms with E-state index in [-0.39, 0.29) is 0 Å². The molecule has 1 saturated carbocycles. The van der Waals surface area contributed by atoms with E-state index in [4.69, 9.17) is 16.3 Å². The molecule has 1 saturated heterocycles. The molecule has 1 aliphatic carbocycles. The zero-order valence-corrected chi connectivity index (χ0v) is 12.8. The van der Waals surface area contributed by atoms with Crippen LogP contribution in [-0.2, 0) is 0 Å². The highest BCUT2D eigenvalue weighted by atomic mass is 35.5. The van der Waals surface area contributed by atoms with Crippen molar-refractivity contribution < 1.29 is 4.74 Å². The van der Waals surface area contributed by atoms with Gasteiger partial charge < -0.3 is 10.1 Å². The Balaban J connectivity index is 1.70. The Kier molecular flexibility index (Phi) is 4.47. The van der Waals surface area contributed by atoms with Gasteiger partial charge in [-0.3, -0.25) is 0 Å². The Morgan fingerprint density at radius 3 is 2.85 bits per heavy atom. The topological polar surface area (TPSA) is 34.1 Å². The van der Waals surface area contributed by atoms with Crippen molar-refractivity contribution in [3.8, 4) is 5.75 Å². The average molecular weight is 295 g/mol. The van der Waals surface area contributed by atoms with Crippen molar-refractivity contribution in [2.24, 2.45) is 11.8 Å². The summed E-state index contributed by atoms with van der Waals surface area (Å²) in [6, 6.07) is 3.78. The SMILES string of the molecule is Cc1nc(Cl)ccc1OC(CC1CCC1)C1CCNC1. The van der Waals surface area contributed by atoms with Crippen LogP contribution in [0.25, 0.3) is 0 Å². The molecule has 2 fully saturated rings. The molecule has 4 heteroatoms. The van der Waals surface area contributed by atoms with Crippen LogP contribution in [0.1, 0.15) is 37.8 Å². The zero-order valence-electron chi connectivity index (χ0n) is 12.1. The highest BCUT2D eigenvalue weighted by Gasteiger charge is 2.31. The molecular formula is C16H23ClN2O. The van der Waals surface area contributed by atoms with E-state index in [2.05, 4.69) is 10.3 Å². The molecule has 0 aromatic carbocycles. The van der Waals surface area contributed by atoms with Crippen LogP contribution < -0.4 is 10.1 Å². The van der Waals surface area contributed by atoms with Gasteiger partial charge in [0.2, 0.25) is 0 Å². The quantitative estimate of drug-likeness (QED) is 0.843. The van der Waals surface area contributed by atoms with E-state index < -0.39 is 0 Å². The van der Waals surface area contributed by atoms with Crippen molar-refractivity contribution in [1.29, 1.82) is 0 Å². The second-order valence-corrected chi connectivity index (χ2v) is 6.55. The Bertz CT molecular complexity index is 456. The zero-order chi connectivity index (χ0) is 13.9. The minimum absolute atomic E-state index is 0.317. The van der Waals surface area contributed by atoms with Crippen LogP contribution >= 0.6 is 11.6 Å². The molecule has 1 N–H and O–H groups in total. The summed E-state index contributed by atoms with van der Waals surface area (Å²) in [5.74, 6) is 2.39. The predicted molar refractivity (Wildman–Crippen MR) is 81.3 cm³/mol. The molecule has 0 spiro atoms. The van der Waals surface area contributed by atoms with Gasteiger partial charge in [0.25, 0.3) is 0 Å². The van der Waals surface area contributed by atoms with Crippen molar-refractivity contribution >= 4 is 11.6 Å². The third-order valence-electron chi connectivity index (χ3n) is 4.70. The standard InChI is InChI=1S/C16H23ClN2O/c1-11-14(5-6-16(17)19-11)20-15(9-12-3-2-4-12)13-7-8-18-10-13/h5-6,12-13,15,18H,2-4,7-10H2,1H3. The fraction of sp³-hybridized carbons (Fsp3) is 0.688. The number of hydrogen-bond donors (Lipinski definition) is 1. The normalized spacial score (nSPS) is 24.4. The van der Waals surface area contributed by atoms with Gasteiger partial charge >= 0.3 is 0 Å². The lowest BCUT2D eigenvalue weighted by molar-refractivity contribution is 0.0930. The Hall–Kier alpha value is -0.800. The number of nitrogens with zero attached hydrogens (tertiary/aromatic N) is 1. The summed E-state index contributed by atoms with van der Waals surface area (Å²) >= 11 is 5.92. The number of aryl methyl sites for hydroxylation is 1. The number of rotatable bonds is 5. The van der Waals surface area contributed by atoms with Gasteiger partial charge in [-0.25, -0.2) is 4.98 Å². The minimum atomic E-state index is 0.317. The smallest absolute Gasteiger partial charge is 0.141 e. The van der Waals surface area contributed by atoms with Crippen LogP contribution in [0.5, 0.6) is 5.75 Å². The number of hydrogen-bond acceptors (Lipinski definition) is 3. The summed E-state index contributed by atoms with van der Waals surface area (Å²) < 4.78 is 6.33. The molecule has 2 heterocycles. The third kappa shape index (κ3) is 3.26. The van der Waals surface area contributed by atoms with Gasteiger partial charge in [0, 0.05) is 12.5 Å². The van der Waals surface area contributed by atoms with Gasteiger partial charge in [-0.2, -0.15) is 0 Å². The van der Waals surface area contributed by atoms with Crippen LogP contribution in [0.3, 0.4) is 0 Å². The molecule has 3 nitrogen and oxygen atoms in total. The maximum atomic E-state index is 6.33. The number of ether oxygens (including phenoxy) is 1. The summed E-state index contributed by atoms with van der Waals surface area (Å²) in [6.45, 7) is 4.17. The highest BCUT2D eigenvalue weighted by molar-refractivity contribution is 6.29. The van der Waals surface area contributed by atoms with E-state index >= 15 is 0 Å². The Morgan fingerprint density at radius 1 is 1.40 bits per heavy atom. The van der Waals surface area contributed by atoms with E-state index in [1.807, 2.05) is 19.1 Å². The van der Waals surface area contributed by atoms with Gasteiger partial charge in [-0.15, -0.1) is 0 Å². The van der Waals surface area contributed by atoms with E-state index in [1.54, 1.807) is 0 Å². The summed E-state index contributed by atoms with van der Waals surface area (Å²) in [4.78, 5) is 4.29. The van der Waals surface area contributed by atoms with Crippen molar-refractivity contribution in [1.82, 2.24) is 10.3 Å². The molecule has 3 rings (SSSR count). The molecule has 1 aromatic rings. The first-order chi connectivity index (χ1) is 9.72. The summed E-state index contributed by atoms with van der Waals surface area (Å²) in [6.07, 6.45) is 6.86. The van der Waals surface area contributed by atoms with E-state index in [9.17, 15) is 0 Å². The lowest BCUT2D eigenvalue weighted by Crippen LogP contribution is -2.33. The molecule has 2 unspecified atom stereocenters. The second kappa shape index (κ2) is 6.31.